The molecule has 1 aromatic heterocycles. The molecule has 0 radical (unpaired) electrons. The topological polar surface area (TPSA) is 130 Å². The van der Waals surface area contributed by atoms with E-state index in [0.29, 0.717) is 11.3 Å². The van der Waals surface area contributed by atoms with Gasteiger partial charge in [0.15, 0.2) is 0 Å². The zero-order chi connectivity index (χ0) is 20.3. The molecule has 144 valence electrons. The average molecular weight is 390 g/mol. The van der Waals surface area contributed by atoms with Crippen molar-refractivity contribution in [3.05, 3.63) is 64.3 Å². The van der Waals surface area contributed by atoms with Crippen molar-refractivity contribution in [1.82, 2.24) is 10.2 Å². The number of nitrogens with one attached hydrogen (secondary N) is 2. The first-order valence-corrected chi connectivity index (χ1v) is 7.73. The maximum Gasteiger partial charge on any atom is 0.387 e. The van der Waals surface area contributed by atoms with Gasteiger partial charge in [-0.25, -0.2) is 0 Å². The van der Waals surface area contributed by atoms with Crippen LogP contribution in [-0.4, -0.2) is 32.7 Å². The van der Waals surface area contributed by atoms with Gasteiger partial charge in [-0.15, -0.1) is 0 Å². The predicted octanol–water partition coefficient (Wildman–Crippen LogP) is 3.54. The van der Waals surface area contributed by atoms with Gasteiger partial charge in [-0.2, -0.15) is 13.9 Å². The monoisotopic (exact) mass is 390 g/mol. The quantitative estimate of drug-likeness (QED) is 0.335. The third-order valence-corrected chi connectivity index (χ3v) is 3.64. The largest absolute Gasteiger partial charge is 0.506 e. The summed E-state index contributed by atoms with van der Waals surface area (Å²) in [5.41, 5.74) is 0.649. The van der Waals surface area contributed by atoms with Crippen LogP contribution in [0, 0.1) is 10.1 Å². The van der Waals surface area contributed by atoms with Gasteiger partial charge in [0.25, 0.3) is 11.6 Å². The van der Waals surface area contributed by atoms with E-state index in [9.17, 15) is 28.8 Å². The van der Waals surface area contributed by atoms with Crippen LogP contribution in [0.4, 0.5) is 20.2 Å². The lowest BCUT2D eigenvalue weighted by Gasteiger charge is -2.05. The molecule has 3 N–H and O–H groups in total. The molecule has 3 rings (SSSR count). The van der Waals surface area contributed by atoms with E-state index in [-0.39, 0.29) is 22.8 Å². The van der Waals surface area contributed by atoms with Crippen molar-refractivity contribution < 1.29 is 28.3 Å². The molecule has 2 aromatic carbocycles. The van der Waals surface area contributed by atoms with Crippen molar-refractivity contribution in [2.45, 2.75) is 6.61 Å². The van der Waals surface area contributed by atoms with Crippen LogP contribution in [0.5, 0.6) is 11.5 Å². The number of nitro groups is 1. The van der Waals surface area contributed by atoms with Gasteiger partial charge >= 0.3 is 6.61 Å². The zero-order valence-corrected chi connectivity index (χ0v) is 13.9. The van der Waals surface area contributed by atoms with Crippen LogP contribution in [0.2, 0.25) is 0 Å². The van der Waals surface area contributed by atoms with Crippen LogP contribution in [0.3, 0.4) is 0 Å². The number of phenolic OH excluding ortho intramolecular Hbond substituents is 1. The number of nitro benzene ring substituents is 1. The minimum atomic E-state index is -2.93. The first-order valence-electron chi connectivity index (χ1n) is 7.73. The molecule has 0 aliphatic carbocycles. The molecule has 0 fully saturated rings. The number of non-ortho nitro benzene ring substituents is 1. The summed E-state index contributed by atoms with van der Waals surface area (Å²) in [4.78, 5) is 22.3. The van der Waals surface area contributed by atoms with E-state index in [1.807, 2.05) is 0 Å². The molecule has 0 atom stereocenters. The Hall–Kier alpha value is -4.02. The lowest BCUT2D eigenvalue weighted by molar-refractivity contribution is -0.384. The SMILES string of the molecule is O=C(Nc1ccc([N+](=O)[O-])cc1O)c1cc(-c2ccc(OC(F)F)cc2)n[nH]1. The van der Waals surface area contributed by atoms with Gasteiger partial charge in [0.05, 0.1) is 22.4 Å². The maximum atomic E-state index is 12.3. The summed E-state index contributed by atoms with van der Waals surface area (Å²) in [5, 5.41) is 29.4. The third-order valence-electron chi connectivity index (χ3n) is 3.64. The first-order chi connectivity index (χ1) is 13.3. The van der Waals surface area contributed by atoms with Crippen molar-refractivity contribution in [2.24, 2.45) is 0 Å². The molecule has 3 aromatic rings. The van der Waals surface area contributed by atoms with Gasteiger partial charge in [0, 0.05) is 11.6 Å². The maximum absolute atomic E-state index is 12.3. The number of aromatic hydroxyl groups is 1. The minimum Gasteiger partial charge on any atom is -0.506 e. The molecule has 9 nitrogen and oxygen atoms in total. The van der Waals surface area contributed by atoms with E-state index < -0.39 is 23.2 Å². The number of anilines is 1. The smallest absolute Gasteiger partial charge is 0.387 e. The number of hydrogen-bond acceptors (Lipinski definition) is 6. The summed E-state index contributed by atoms with van der Waals surface area (Å²) in [6.45, 7) is -2.93. The Morgan fingerprint density at radius 1 is 1.21 bits per heavy atom. The van der Waals surface area contributed by atoms with Gasteiger partial charge in [-0.1, -0.05) is 0 Å². The summed E-state index contributed by atoms with van der Waals surface area (Å²) >= 11 is 0. The Bertz CT molecular complexity index is 1020. The Balaban J connectivity index is 1.73. The van der Waals surface area contributed by atoms with Gasteiger partial charge in [0.2, 0.25) is 0 Å². The summed E-state index contributed by atoms with van der Waals surface area (Å²) in [7, 11) is 0. The number of aromatic amines is 1. The fourth-order valence-electron chi connectivity index (χ4n) is 2.32. The van der Waals surface area contributed by atoms with E-state index >= 15 is 0 Å². The molecular formula is C17H12F2N4O5. The summed E-state index contributed by atoms with van der Waals surface area (Å²) in [6, 6.07) is 10.3. The number of amides is 1. The van der Waals surface area contributed by atoms with E-state index in [0.717, 1.165) is 12.1 Å². The highest BCUT2D eigenvalue weighted by atomic mass is 19.3. The number of hydrogen-bond donors (Lipinski definition) is 3. The number of ether oxygens (including phenoxy) is 1. The number of H-pyrrole nitrogens is 1. The number of carbonyl (C=O) groups is 1. The van der Waals surface area contributed by atoms with E-state index in [1.54, 1.807) is 0 Å². The van der Waals surface area contributed by atoms with Crippen molar-refractivity contribution in [2.75, 3.05) is 5.32 Å². The second-order valence-corrected chi connectivity index (χ2v) is 5.48. The number of benzene rings is 2. The molecule has 0 saturated heterocycles. The van der Waals surface area contributed by atoms with Gasteiger partial charge in [-0.05, 0) is 36.4 Å². The summed E-state index contributed by atoms with van der Waals surface area (Å²) in [6.07, 6.45) is 0. The van der Waals surface area contributed by atoms with Gasteiger partial charge < -0.3 is 15.2 Å². The number of carbonyl (C=O) groups excluding carboxylic acids is 1. The van der Waals surface area contributed by atoms with Crippen LogP contribution in [-0.2, 0) is 0 Å². The van der Waals surface area contributed by atoms with Gasteiger partial charge in [0.1, 0.15) is 17.2 Å². The summed E-state index contributed by atoms with van der Waals surface area (Å²) < 4.78 is 28.6. The van der Waals surface area contributed by atoms with Crippen LogP contribution < -0.4 is 10.1 Å². The number of alkyl halides is 2. The number of aromatic nitrogens is 2. The van der Waals surface area contributed by atoms with Crippen molar-refractivity contribution in [3.63, 3.8) is 0 Å². The number of rotatable bonds is 6. The van der Waals surface area contributed by atoms with Crippen LogP contribution in [0.15, 0.2) is 48.5 Å². The predicted molar refractivity (Wildman–Crippen MR) is 93.4 cm³/mol. The standard InChI is InChI=1S/C17H12F2N4O5/c18-17(19)28-11-4-1-9(2-5-11)13-8-14(22-21-13)16(25)20-12-6-3-10(23(26)27)7-15(12)24/h1-8,17,24H,(H,20,25)(H,21,22). The molecule has 0 bridgehead atoms. The van der Waals surface area contributed by atoms with Gasteiger partial charge in [-0.3, -0.25) is 20.0 Å². The highest BCUT2D eigenvalue weighted by Crippen LogP contribution is 2.28. The first kappa shape index (κ1) is 18.8. The fraction of sp³-hybridized carbons (Fsp3) is 0.0588. The van der Waals surface area contributed by atoms with E-state index in [2.05, 4.69) is 20.3 Å². The molecule has 0 spiro atoms. The highest BCUT2D eigenvalue weighted by Gasteiger charge is 2.15. The van der Waals surface area contributed by atoms with Crippen molar-refractivity contribution in [3.8, 4) is 22.8 Å². The fourth-order valence-corrected chi connectivity index (χ4v) is 2.32. The Labute approximate surface area is 155 Å². The van der Waals surface area contributed by atoms with E-state index in [1.165, 1.54) is 36.4 Å². The third kappa shape index (κ3) is 4.20. The summed E-state index contributed by atoms with van der Waals surface area (Å²) in [5.74, 6) is -1.11. The molecule has 1 amide bonds. The number of phenols is 1. The van der Waals surface area contributed by atoms with Crippen LogP contribution in [0.25, 0.3) is 11.3 Å². The lowest BCUT2D eigenvalue weighted by atomic mass is 10.1. The molecule has 0 aliphatic rings. The van der Waals surface area contributed by atoms with Crippen LogP contribution in [0.1, 0.15) is 10.5 Å². The Morgan fingerprint density at radius 2 is 1.93 bits per heavy atom. The van der Waals surface area contributed by atoms with Crippen molar-refractivity contribution in [1.29, 1.82) is 0 Å². The second-order valence-electron chi connectivity index (χ2n) is 5.48. The molecule has 1 heterocycles. The molecular weight excluding hydrogens is 378 g/mol. The molecule has 0 unspecified atom stereocenters. The minimum absolute atomic E-state index is 0.0131. The molecule has 0 saturated carbocycles. The van der Waals surface area contributed by atoms with E-state index in [4.69, 9.17) is 0 Å². The lowest BCUT2D eigenvalue weighted by Crippen LogP contribution is -2.12. The molecule has 28 heavy (non-hydrogen) atoms. The average Bonchev–Trinajstić information content (AvgIpc) is 3.13. The Kier molecular flexibility index (Phi) is 5.16. The number of halogens is 2. The highest BCUT2D eigenvalue weighted by molar-refractivity contribution is 6.04. The molecule has 0 aliphatic heterocycles. The van der Waals surface area contributed by atoms with Crippen molar-refractivity contribution >= 4 is 17.3 Å². The Morgan fingerprint density at radius 3 is 2.54 bits per heavy atom. The normalized spacial score (nSPS) is 10.7. The number of nitrogens with zero attached hydrogens (tertiary/aromatic N) is 2. The second kappa shape index (κ2) is 7.70. The zero-order valence-electron chi connectivity index (χ0n) is 13.9. The van der Waals surface area contributed by atoms with Crippen LogP contribution >= 0.6 is 0 Å². The molecule has 11 heteroatoms.